The van der Waals surface area contributed by atoms with Gasteiger partial charge in [0.25, 0.3) is 0 Å². The van der Waals surface area contributed by atoms with Crippen LogP contribution in [0, 0.1) is 0 Å². The Hall–Kier alpha value is -0.750. The Bertz CT molecular complexity index is 310. The monoisotopic (exact) mass is 274 g/mol. The van der Waals surface area contributed by atoms with Crippen molar-refractivity contribution in [1.29, 1.82) is 0 Å². The van der Waals surface area contributed by atoms with Gasteiger partial charge >= 0.3 is 5.97 Å². The van der Waals surface area contributed by atoms with E-state index < -0.39 is 12.0 Å². The van der Waals surface area contributed by atoms with Crippen molar-refractivity contribution in [2.75, 3.05) is 26.4 Å². The molecule has 0 aromatic carbocycles. The van der Waals surface area contributed by atoms with Crippen LogP contribution in [0.15, 0.2) is 0 Å². The number of nitrogens with zero attached hydrogens (tertiary/aromatic N) is 2. The van der Waals surface area contributed by atoms with Crippen LogP contribution in [0.2, 0.25) is 0 Å². The molecule has 0 saturated carbocycles. The highest BCUT2D eigenvalue weighted by Crippen LogP contribution is 2.32. The van der Waals surface area contributed by atoms with Crippen molar-refractivity contribution in [3.63, 3.8) is 0 Å². The van der Waals surface area contributed by atoms with Gasteiger partial charge in [0, 0.05) is 18.7 Å². The third-order valence-electron chi connectivity index (χ3n) is 2.97. The maximum atomic E-state index is 12.2. The van der Waals surface area contributed by atoms with Crippen molar-refractivity contribution in [2.45, 2.75) is 37.6 Å². The Labute approximate surface area is 113 Å². The highest BCUT2D eigenvalue weighted by Gasteiger charge is 2.40. The van der Waals surface area contributed by atoms with Crippen LogP contribution in [0.3, 0.4) is 0 Å². The van der Waals surface area contributed by atoms with Crippen molar-refractivity contribution < 1.29 is 14.7 Å². The first-order valence-corrected chi connectivity index (χ1v) is 7.32. The van der Waals surface area contributed by atoms with Crippen molar-refractivity contribution in [2.24, 2.45) is 0 Å². The van der Waals surface area contributed by atoms with Crippen LogP contribution < -0.4 is 0 Å². The number of hydrogen-bond acceptors (Lipinski definition) is 4. The highest BCUT2D eigenvalue weighted by molar-refractivity contribution is 8.00. The molecule has 104 valence electrons. The van der Waals surface area contributed by atoms with Gasteiger partial charge < -0.3 is 14.9 Å². The lowest BCUT2D eigenvalue weighted by atomic mass is 10.2. The molecular weight excluding hydrogens is 252 g/mol. The average Bonchev–Trinajstić information content (AvgIpc) is 2.70. The SMILES string of the molecule is CCCC1SCC(C(=O)O)N1C(=O)CCN(C)C. The molecule has 2 atom stereocenters. The summed E-state index contributed by atoms with van der Waals surface area (Å²) in [6.07, 6.45) is 2.21. The van der Waals surface area contributed by atoms with Crippen molar-refractivity contribution in [1.82, 2.24) is 9.80 Å². The molecule has 1 fully saturated rings. The van der Waals surface area contributed by atoms with Crippen LogP contribution in [0.25, 0.3) is 0 Å². The lowest BCUT2D eigenvalue weighted by molar-refractivity contribution is -0.149. The van der Waals surface area contributed by atoms with E-state index in [1.165, 1.54) is 0 Å². The van der Waals surface area contributed by atoms with E-state index in [1.807, 2.05) is 19.0 Å². The van der Waals surface area contributed by atoms with E-state index in [2.05, 4.69) is 6.92 Å². The van der Waals surface area contributed by atoms with Gasteiger partial charge in [0.2, 0.25) is 5.91 Å². The molecular formula is C12H22N2O3S. The molecule has 1 amide bonds. The van der Waals surface area contributed by atoms with Crippen LogP contribution in [0.4, 0.5) is 0 Å². The van der Waals surface area contributed by atoms with Gasteiger partial charge in [-0.2, -0.15) is 0 Å². The number of carbonyl (C=O) groups is 2. The summed E-state index contributed by atoms with van der Waals surface area (Å²) >= 11 is 1.58. The fraction of sp³-hybridized carbons (Fsp3) is 0.833. The summed E-state index contributed by atoms with van der Waals surface area (Å²) in [6, 6.07) is -0.652. The molecule has 0 aromatic heterocycles. The van der Waals surface area contributed by atoms with Gasteiger partial charge in [0.05, 0.1) is 5.37 Å². The largest absolute Gasteiger partial charge is 0.480 e. The van der Waals surface area contributed by atoms with E-state index >= 15 is 0 Å². The van der Waals surface area contributed by atoms with E-state index in [0.717, 1.165) is 12.8 Å². The zero-order valence-corrected chi connectivity index (χ0v) is 12.1. The number of rotatable bonds is 6. The molecule has 1 N–H and O–H groups in total. The second-order valence-electron chi connectivity index (χ2n) is 4.78. The molecule has 5 nitrogen and oxygen atoms in total. The first-order valence-electron chi connectivity index (χ1n) is 6.27. The summed E-state index contributed by atoms with van der Waals surface area (Å²) in [5.74, 6) is -0.424. The minimum atomic E-state index is -0.890. The second-order valence-corrected chi connectivity index (χ2v) is 6.00. The Balaban J connectivity index is 2.69. The minimum absolute atomic E-state index is 0.0331. The third-order valence-corrected chi connectivity index (χ3v) is 4.33. The lowest BCUT2D eigenvalue weighted by Gasteiger charge is -2.27. The summed E-state index contributed by atoms with van der Waals surface area (Å²) in [7, 11) is 3.81. The smallest absolute Gasteiger partial charge is 0.327 e. The lowest BCUT2D eigenvalue weighted by Crippen LogP contribution is -2.46. The van der Waals surface area contributed by atoms with Crippen molar-refractivity contribution in [3.05, 3.63) is 0 Å². The molecule has 1 heterocycles. The molecule has 0 radical (unpaired) electrons. The molecule has 6 heteroatoms. The second kappa shape index (κ2) is 6.99. The van der Waals surface area contributed by atoms with E-state index in [4.69, 9.17) is 0 Å². The highest BCUT2D eigenvalue weighted by atomic mass is 32.2. The maximum Gasteiger partial charge on any atom is 0.327 e. The molecule has 1 aliphatic rings. The predicted octanol–water partition coefficient (Wildman–Crippen LogP) is 1.09. The van der Waals surface area contributed by atoms with Gasteiger partial charge in [-0.15, -0.1) is 11.8 Å². The molecule has 18 heavy (non-hydrogen) atoms. The standard InChI is InChI=1S/C12H22N2O3S/c1-4-5-11-14(9(8-18-11)12(16)17)10(15)6-7-13(2)3/h9,11H,4-8H2,1-3H3,(H,16,17). The summed E-state index contributed by atoms with van der Waals surface area (Å²) in [5, 5.41) is 9.21. The zero-order chi connectivity index (χ0) is 13.7. The molecule has 0 spiro atoms. The first kappa shape index (κ1) is 15.3. The molecule has 1 rings (SSSR count). The predicted molar refractivity (Wildman–Crippen MR) is 72.6 cm³/mol. The summed E-state index contributed by atoms with van der Waals surface area (Å²) in [5.41, 5.74) is 0. The van der Waals surface area contributed by atoms with Gasteiger partial charge in [0.15, 0.2) is 0 Å². The third kappa shape index (κ3) is 3.88. The van der Waals surface area contributed by atoms with Crippen LogP contribution in [0.1, 0.15) is 26.2 Å². The molecule has 0 aliphatic carbocycles. The van der Waals surface area contributed by atoms with Gasteiger partial charge in [-0.05, 0) is 20.5 Å². The van der Waals surface area contributed by atoms with Crippen LogP contribution in [-0.2, 0) is 9.59 Å². The number of amides is 1. The number of thioether (sulfide) groups is 1. The van der Waals surface area contributed by atoms with Crippen LogP contribution in [0.5, 0.6) is 0 Å². The first-order chi connectivity index (χ1) is 8.47. The number of carboxylic acid groups (broad SMARTS) is 1. The average molecular weight is 274 g/mol. The fourth-order valence-corrected chi connectivity index (χ4v) is 3.54. The van der Waals surface area contributed by atoms with E-state index in [1.54, 1.807) is 16.7 Å². The van der Waals surface area contributed by atoms with E-state index in [0.29, 0.717) is 18.7 Å². The van der Waals surface area contributed by atoms with Crippen molar-refractivity contribution >= 4 is 23.6 Å². The molecule has 1 saturated heterocycles. The number of aliphatic carboxylic acids is 1. The normalized spacial score (nSPS) is 23.7. The molecule has 2 unspecified atom stereocenters. The Morgan fingerprint density at radius 2 is 2.11 bits per heavy atom. The zero-order valence-electron chi connectivity index (χ0n) is 11.3. The summed E-state index contributed by atoms with van der Waals surface area (Å²) < 4.78 is 0. The Kier molecular flexibility index (Phi) is 5.95. The van der Waals surface area contributed by atoms with Crippen molar-refractivity contribution in [3.8, 4) is 0 Å². The molecule has 0 aromatic rings. The number of carboxylic acids is 1. The molecule has 0 bridgehead atoms. The Morgan fingerprint density at radius 1 is 1.44 bits per heavy atom. The van der Waals surface area contributed by atoms with Gasteiger partial charge in [-0.1, -0.05) is 13.3 Å². The summed E-state index contributed by atoms with van der Waals surface area (Å²) in [4.78, 5) is 26.9. The molecule has 1 aliphatic heterocycles. The quantitative estimate of drug-likeness (QED) is 0.785. The fourth-order valence-electron chi connectivity index (χ4n) is 2.01. The Morgan fingerprint density at radius 3 is 2.61 bits per heavy atom. The number of hydrogen-bond donors (Lipinski definition) is 1. The van der Waals surface area contributed by atoms with E-state index in [9.17, 15) is 14.7 Å². The maximum absolute atomic E-state index is 12.2. The van der Waals surface area contributed by atoms with Gasteiger partial charge in [-0.25, -0.2) is 4.79 Å². The summed E-state index contributed by atoms with van der Waals surface area (Å²) in [6.45, 7) is 2.71. The minimum Gasteiger partial charge on any atom is -0.480 e. The van der Waals surface area contributed by atoms with Crippen LogP contribution in [-0.4, -0.2) is 64.6 Å². The van der Waals surface area contributed by atoms with E-state index in [-0.39, 0.29) is 11.3 Å². The van der Waals surface area contributed by atoms with Gasteiger partial charge in [0.1, 0.15) is 6.04 Å². The number of carbonyl (C=O) groups excluding carboxylic acids is 1. The van der Waals surface area contributed by atoms with Crippen LogP contribution >= 0.6 is 11.8 Å². The topological polar surface area (TPSA) is 60.9 Å². The van der Waals surface area contributed by atoms with Gasteiger partial charge in [-0.3, -0.25) is 4.79 Å².